The molecular weight excluding hydrogens is 413 g/mol. The summed E-state index contributed by atoms with van der Waals surface area (Å²) in [6.07, 6.45) is 4.80. The van der Waals surface area contributed by atoms with Gasteiger partial charge in [-0.15, -0.1) is 0 Å². The summed E-state index contributed by atoms with van der Waals surface area (Å²) in [6, 6.07) is 14.1. The third-order valence-electron chi connectivity index (χ3n) is 4.81. The molecule has 2 aromatic carbocycles. The number of hydrogen-bond acceptors (Lipinski definition) is 6. The first-order valence-corrected chi connectivity index (χ1v) is 10.4. The van der Waals surface area contributed by atoms with E-state index in [1.165, 1.54) is 36.3 Å². The van der Waals surface area contributed by atoms with Gasteiger partial charge in [0.1, 0.15) is 17.1 Å². The molecule has 3 N–H and O–H groups in total. The largest absolute Gasteiger partial charge is 0.378 e. The molecule has 3 aromatic rings. The number of amidine groups is 1. The van der Waals surface area contributed by atoms with Gasteiger partial charge in [0.15, 0.2) is 5.17 Å². The van der Waals surface area contributed by atoms with Gasteiger partial charge < -0.3 is 11.1 Å². The predicted octanol–water partition coefficient (Wildman–Crippen LogP) is 4.49. The molecule has 0 saturated heterocycles. The van der Waals surface area contributed by atoms with Crippen LogP contribution in [0.15, 0.2) is 72.0 Å². The summed E-state index contributed by atoms with van der Waals surface area (Å²) in [4.78, 5) is 26.1. The molecule has 6 nitrogen and oxygen atoms in total. The van der Waals surface area contributed by atoms with Gasteiger partial charge in [0.25, 0.3) is 5.91 Å². The molecule has 1 aliphatic rings. The summed E-state index contributed by atoms with van der Waals surface area (Å²) >= 11 is 1.34. The number of anilines is 1. The first-order valence-electron chi connectivity index (χ1n) is 9.55. The lowest BCUT2D eigenvalue weighted by atomic mass is 9.90. The molecule has 0 bridgehead atoms. The van der Waals surface area contributed by atoms with Gasteiger partial charge in [-0.1, -0.05) is 42.1 Å². The second kappa shape index (κ2) is 8.31. The van der Waals surface area contributed by atoms with Crippen LogP contribution in [-0.4, -0.2) is 21.0 Å². The Bertz CT molecular complexity index is 1190. The minimum Gasteiger partial charge on any atom is -0.378 e. The quantitative estimate of drug-likeness (QED) is 0.632. The fraction of sp³-hybridized carbons (Fsp3) is 0.130. The molecule has 0 aliphatic carbocycles. The van der Waals surface area contributed by atoms with Gasteiger partial charge >= 0.3 is 0 Å². The van der Waals surface area contributed by atoms with Crippen LogP contribution >= 0.6 is 11.8 Å². The third-order valence-corrected chi connectivity index (χ3v) is 5.68. The van der Waals surface area contributed by atoms with E-state index in [1.54, 1.807) is 19.9 Å². The van der Waals surface area contributed by atoms with Gasteiger partial charge in [-0.05, 0) is 43.7 Å². The maximum absolute atomic E-state index is 14.9. The highest BCUT2D eigenvalue weighted by atomic mass is 32.2. The van der Waals surface area contributed by atoms with Crippen molar-refractivity contribution < 1.29 is 9.18 Å². The first kappa shape index (κ1) is 20.7. The van der Waals surface area contributed by atoms with Crippen LogP contribution in [0.4, 0.5) is 10.1 Å². The Morgan fingerprint density at radius 1 is 1.13 bits per heavy atom. The Morgan fingerprint density at radius 3 is 2.61 bits per heavy atom. The number of benzene rings is 2. The molecule has 31 heavy (non-hydrogen) atoms. The number of aryl methyl sites for hydroxylation is 1. The molecule has 1 amide bonds. The van der Waals surface area contributed by atoms with Crippen LogP contribution in [0.1, 0.15) is 34.2 Å². The Labute approximate surface area is 183 Å². The highest BCUT2D eigenvalue weighted by Gasteiger charge is 2.32. The number of rotatable bonds is 4. The van der Waals surface area contributed by atoms with Crippen LogP contribution in [0.3, 0.4) is 0 Å². The van der Waals surface area contributed by atoms with Gasteiger partial charge in [0, 0.05) is 22.4 Å². The average Bonchev–Trinajstić information content (AvgIpc) is 2.75. The Hall–Kier alpha value is -3.52. The van der Waals surface area contributed by atoms with E-state index in [0.29, 0.717) is 22.1 Å². The fourth-order valence-corrected chi connectivity index (χ4v) is 4.26. The van der Waals surface area contributed by atoms with Crippen molar-refractivity contribution in [3.8, 4) is 0 Å². The normalized spacial score (nSPS) is 18.2. The van der Waals surface area contributed by atoms with E-state index < -0.39 is 17.3 Å². The summed E-state index contributed by atoms with van der Waals surface area (Å²) in [5.41, 5.74) is 7.64. The van der Waals surface area contributed by atoms with Crippen LogP contribution < -0.4 is 11.1 Å². The van der Waals surface area contributed by atoms with E-state index in [0.717, 1.165) is 10.5 Å². The number of nitrogens with one attached hydrogen (secondary N) is 1. The maximum Gasteiger partial charge on any atom is 0.275 e. The van der Waals surface area contributed by atoms with Crippen LogP contribution in [0.5, 0.6) is 0 Å². The van der Waals surface area contributed by atoms with E-state index in [9.17, 15) is 9.18 Å². The molecule has 156 valence electrons. The minimum atomic E-state index is -1.03. The van der Waals surface area contributed by atoms with Gasteiger partial charge in [-0.25, -0.2) is 14.4 Å². The van der Waals surface area contributed by atoms with Gasteiger partial charge in [-0.3, -0.25) is 9.78 Å². The monoisotopic (exact) mass is 433 g/mol. The molecule has 4 rings (SSSR count). The van der Waals surface area contributed by atoms with Crippen molar-refractivity contribution in [3.05, 3.63) is 95.3 Å². The van der Waals surface area contributed by atoms with Crippen molar-refractivity contribution in [1.29, 1.82) is 0 Å². The lowest BCUT2D eigenvalue weighted by molar-refractivity contribution is 0.102. The molecule has 1 aliphatic heterocycles. The van der Waals surface area contributed by atoms with Crippen molar-refractivity contribution in [2.45, 2.75) is 19.4 Å². The van der Waals surface area contributed by atoms with Crippen LogP contribution in [-0.2, 0) is 5.54 Å². The maximum atomic E-state index is 14.9. The lowest BCUT2D eigenvalue weighted by Crippen LogP contribution is -2.26. The zero-order valence-electron chi connectivity index (χ0n) is 17.0. The Morgan fingerprint density at radius 2 is 1.90 bits per heavy atom. The van der Waals surface area contributed by atoms with E-state index in [2.05, 4.69) is 20.3 Å². The molecule has 0 unspecified atom stereocenters. The SMILES string of the molecule is Cc1cnc(C(=O)Nc2ccc(F)c([C@]3(C)C=C(c4ccccc4)SC(N)=N3)c2)cn1. The molecule has 0 saturated carbocycles. The Balaban J connectivity index is 1.68. The van der Waals surface area contributed by atoms with Gasteiger partial charge in [-0.2, -0.15) is 0 Å². The van der Waals surface area contributed by atoms with E-state index in [1.807, 2.05) is 36.4 Å². The number of thioether (sulfide) groups is 1. The summed E-state index contributed by atoms with van der Waals surface area (Å²) in [7, 11) is 0. The molecule has 8 heteroatoms. The van der Waals surface area contributed by atoms with E-state index in [-0.39, 0.29) is 5.69 Å². The lowest BCUT2D eigenvalue weighted by Gasteiger charge is -2.29. The molecule has 1 atom stereocenters. The number of nitrogens with zero attached hydrogens (tertiary/aromatic N) is 3. The first-order chi connectivity index (χ1) is 14.8. The Kier molecular flexibility index (Phi) is 5.56. The number of carbonyl (C=O) groups excluding carboxylic acids is 1. The number of aliphatic imine (C=N–C) groups is 1. The average molecular weight is 434 g/mol. The molecule has 0 fully saturated rings. The number of halogens is 1. The highest BCUT2D eigenvalue weighted by Crippen LogP contribution is 2.41. The van der Waals surface area contributed by atoms with Crippen molar-refractivity contribution >= 4 is 33.4 Å². The van der Waals surface area contributed by atoms with Crippen molar-refractivity contribution in [2.24, 2.45) is 10.7 Å². The van der Waals surface area contributed by atoms with E-state index in [4.69, 9.17) is 5.73 Å². The van der Waals surface area contributed by atoms with Crippen molar-refractivity contribution in [2.75, 3.05) is 5.32 Å². The van der Waals surface area contributed by atoms with Gasteiger partial charge in [0.05, 0.1) is 11.9 Å². The highest BCUT2D eigenvalue weighted by molar-refractivity contribution is 8.21. The van der Waals surface area contributed by atoms with Crippen LogP contribution in [0.2, 0.25) is 0 Å². The zero-order chi connectivity index (χ0) is 22.0. The summed E-state index contributed by atoms with van der Waals surface area (Å²) in [5.74, 6) is -0.874. The summed E-state index contributed by atoms with van der Waals surface area (Å²) in [6.45, 7) is 3.57. The van der Waals surface area contributed by atoms with Gasteiger partial charge in [0.2, 0.25) is 0 Å². The summed E-state index contributed by atoms with van der Waals surface area (Å²) in [5, 5.41) is 3.08. The second-order valence-electron chi connectivity index (χ2n) is 7.27. The number of hydrogen-bond donors (Lipinski definition) is 2. The number of nitrogens with two attached hydrogens (primary N) is 1. The van der Waals surface area contributed by atoms with Crippen LogP contribution in [0, 0.1) is 12.7 Å². The van der Waals surface area contributed by atoms with Crippen molar-refractivity contribution in [1.82, 2.24) is 9.97 Å². The van der Waals surface area contributed by atoms with Crippen LogP contribution in [0.25, 0.3) is 4.91 Å². The van der Waals surface area contributed by atoms with E-state index >= 15 is 0 Å². The standard InChI is InChI=1S/C23H20FN5OS/c1-14-12-27-19(13-26-14)21(30)28-16-8-9-18(24)17(10-16)23(2)11-20(31-22(25)29-23)15-6-4-3-5-7-15/h3-13H,1-2H3,(H2,25,29)(H,28,30)/t23-/m0/s1. The van der Waals surface area contributed by atoms with Crippen molar-refractivity contribution in [3.63, 3.8) is 0 Å². The smallest absolute Gasteiger partial charge is 0.275 e. The second-order valence-corrected chi connectivity index (χ2v) is 8.33. The topological polar surface area (TPSA) is 93.3 Å². The third kappa shape index (κ3) is 4.49. The fourth-order valence-electron chi connectivity index (χ4n) is 3.26. The zero-order valence-corrected chi connectivity index (χ0v) is 17.8. The summed E-state index contributed by atoms with van der Waals surface area (Å²) < 4.78 is 14.9. The predicted molar refractivity (Wildman–Crippen MR) is 122 cm³/mol. The molecule has 0 radical (unpaired) electrons. The minimum absolute atomic E-state index is 0.172. The number of aromatic nitrogens is 2. The molecule has 1 aromatic heterocycles. The molecular formula is C23H20FN5OS. The number of amides is 1. The molecule has 2 heterocycles. The molecule has 0 spiro atoms. The number of carbonyl (C=O) groups is 1.